The largest absolute Gasteiger partial charge is 0.384 e. The van der Waals surface area contributed by atoms with Crippen LogP contribution in [0.1, 0.15) is 0 Å². The van der Waals surface area contributed by atoms with Crippen molar-refractivity contribution in [3.8, 4) is 11.3 Å². The summed E-state index contributed by atoms with van der Waals surface area (Å²) in [7, 11) is 1.75. The molecule has 6 heteroatoms. The van der Waals surface area contributed by atoms with Crippen molar-refractivity contribution in [3.05, 3.63) is 30.3 Å². The van der Waals surface area contributed by atoms with Gasteiger partial charge in [0.05, 0.1) is 5.69 Å². The minimum absolute atomic E-state index is 0.527. The number of hydrogen-bond acceptors (Lipinski definition) is 3. The first-order chi connectivity index (χ1) is 8.06. The van der Waals surface area contributed by atoms with Crippen LogP contribution < -0.4 is 5.73 Å². The third-order valence-corrected chi connectivity index (χ3v) is 3.01. The number of anilines is 1. The lowest BCUT2D eigenvalue weighted by atomic mass is 10.1. The summed E-state index contributed by atoms with van der Waals surface area (Å²) < 4.78 is 25.8. The van der Waals surface area contributed by atoms with Crippen LogP contribution in [0.4, 0.5) is 14.6 Å². The Labute approximate surface area is 102 Å². The highest BCUT2D eigenvalue weighted by molar-refractivity contribution is 7.99. The smallest absolute Gasteiger partial charge is 0.288 e. The standard InChI is InChI=1S/C11H11F2N3S/c1-16-10(14)6-9(15-16)7-2-4-8(5-3-7)17-11(12)13/h2-6,11H,14H2,1H3. The van der Waals surface area contributed by atoms with Gasteiger partial charge < -0.3 is 5.73 Å². The number of hydrogen-bond donors (Lipinski definition) is 1. The molecule has 0 unspecified atom stereocenters. The molecule has 3 nitrogen and oxygen atoms in total. The Hall–Kier alpha value is -1.56. The molecular formula is C11H11F2N3S. The third-order valence-electron chi connectivity index (χ3n) is 2.29. The van der Waals surface area contributed by atoms with Crippen molar-refractivity contribution in [2.75, 3.05) is 5.73 Å². The van der Waals surface area contributed by atoms with Crippen molar-refractivity contribution in [2.45, 2.75) is 10.7 Å². The van der Waals surface area contributed by atoms with Gasteiger partial charge in [0.15, 0.2) is 0 Å². The van der Waals surface area contributed by atoms with Gasteiger partial charge in [-0.1, -0.05) is 23.9 Å². The molecular weight excluding hydrogens is 244 g/mol. The number of nitrogen functional groups attached to an aromatic ring is 1. The molecule has 0 radical (unpaired) electrons. The van der Waals surface area contributed by atoms with Gasteiger partial charge in [-0.2, -0.15) is 13.9 Å². The van der Waals surface area contributed by atoms with Gasteiger partial charge in [0.25, 0.3) is 5.76 Å². The second-order valence-corrected chi connectivity index (χ2v) is 4.54. The molecule has 0 atom stereocenters. The Morgan fingerprint density at radius 1 is 1.29 bits per heavy atom. The summed E-state index contributed by atoms with van der Waals surface area (Å²) in [6.45, 7) is 0. The summed E-state index contributed by atoms with van der Waals surface area (Å²) in [5.41, 5.74) is 7.26. The van der Waals surface area contributed by atoms with E-state index in [-0.39, 0.29) is 0 Å². The molecule has 0 saturated carbocycles. The van der Waals surface area contributed by atoms with Crippen molar-refractivity contribution in [2.24, 2.45) is 7.05 Å². The number of nitrogens with two attached hydrogens (primary N) is 1. The molecule has 0 saturated heterocycles. The molecule has 0 fully saturated rings. The van der Waals surface area contributed by atoms with Crippen molar-refractivity contribution < 1.29 is 8.78 Å². The van der Waals surface area contributed by atoms with Crippen LogP contribution in [-0.4, -0.2) is 15.5 Å². The molecule has 1 aromatic heterocycles. The van der Waals surface area contributed by atoms with E-state index in [4.69, 9.17) is 5.73 Å². The number of nitrogens with zero attached hydrogens (tertiary/aromatic N) is 2. The van der Waals surface area contributed by atoms with E-state index in [1.165, 1.54) is 0 Å². The summed E-state index contributed by atoms with van der Waals surface area (Å²) in [6.07, 6.45) is 0. The zero-order valence-electron chi connectivity index (χ0n) is 9.10. The third kappa shape index (κ3) is 2.76. The van der Waals surface area contributed by atoms with E-state index in [1.807, 2.05) is 0 Å². The first-order valence-electron chi connectivity index (χ1n) is 4.91. The Morgan fingerprint density at radius 3 is 2.41 bits per heavy atom. The van der Waals surface area contributed by atoms with Gasteiger partial charge in [-0.3, -0.25) is 4.68 Å². The molecule has 1 aromatic carbocycles. The first kappa shape index (κ1) is 11.9. The molecule has 0 aliphatic carbocycles. The second-order valence-electron chi connectivity index (χ2n) is 3.48. The van der Waals surface area contributed by atoms with E-state index >= 15 is 0 Å². The van der Waals surface area contributed by atoms with Crippen LogP contribution in [0.2, 0.25) is 0 Å². The number of aromatic nitrogens is 2. The number of thioether (sulfide) groups is 1. The number of aryl methyl sites for hydroxylation is 1. The summed E-state index contributed by atoms with van der Waals surface area (Å²) in [5, 5.41) is 4.21. The minimum atomic E-state index is -2.40. The monoisotopic (exact) mass is 255 g/mol. The van der Waals surface area contributed by atoms with Crippen molar-refractivity contribution in [3.63, 3.8) is 0 Å². The summed E-state index contributed by atoms with van der Waals surface area (Å²) >= 11 is 0.527. The van der Waals surface area contributed by atoms with Crippen LogP contribution in [0.5, 0.6) is 0 Å². The highest BCUT2D eigenvalue weighted by Crippen LogP contribution is 2.27. The molecule has 0 aliphatic rings. The highest BCUT2D eigenvalue weighted by Gasteiger charge is 2.07. The molecule has 0 aliphatic heterocycles. The van der Waals surface area contributed by atoms with E-state index < -0.39 is 5.76 Å². The van der Waals surface area contributed by atoms with Gasteiger partial charge in [0, 0.05) is 23.6 Å². The van der Waals surface area contributed by atoms with Crippen LogP contribution in [-0.2, 0) is 7.05 Å². The van der Waals surface area contributed by atoms with E-state index in [0.29, 0.717) is 22.5 Å². The fourth-order valence-corrected chi connectivity index (χ4v) is 1.93. The normalized spacial score (nSPS) is 11.1. The van der Waals surface area contributed by atoms with Gasteiger partial charge in [0.2, 0.25) is 0 Å². The maximum Gasteiger partial charge on any atom is 0.288 e. The average molecular weight is 255 g/mol. The Kier molecular flexibility index (Phi) is 3.33. The van der Waals surface area contributed by atoms with E-state index in [1.54, 1.807) is 42.1 Å². The molecule has 0 amide bonds. The molecule has 90 valence electrons. The summed E-state index contributed by atoms with van der Waals surface area (Å²) in [4.78, 5) is 0.535. The summed E-state index contributed by atoms with van der Waals surface area (Å²) in [6, 6.07) is 8.56. The Bertz CT molecular complexity index is 488. The number of benzene rings is 1. The first-order valence-corrected chi connectivity index (χ1v) is 5.79. The highest BCUT2D eigenvalue weighted by atomic mass is 32.2. The molecule has 2 aromatic rings. The zero-order valence-corrected chi connectivity index (χ0v) is 9.92. The Morgan fingerprint density at radius 2 is 1.94 bits per heavy atom. The van der Waals surface area contributed by atoms with Crippen molar-refractivity contribution in [1.82, 2.24) is 9.78 Å². The maximum atomic E-state index is 12.1. The predicted octanol–water partition coefficient (Wildman–Crippen LogP) is 2.98. The van der Waals surface area contributed by atoms with Crippen LogP contribution in [0, 0.1) is 0 Å². The quantitative estimate of drug-likeness (QED) is 0.857. The minimum Gasteiger partial charge on any atom is -0.384 e. The molecule has 17 heavy (non-hydrogen) atoms. The SMILES string of the molecule is Cn1nc(-c2ccc(SC(F)F)cc2)cc1N. The van der Waals surface area contributed by atoms with Gasteiger partial charge in [0.1, 0.15) is 5.82 Å². The van der Waals surface area contributed by atoms with Crippen LogP contribution >= 0.6 is 11.8 Å². The second kappa shape index (κ2) is 4.75. The van der Waals surface area contributed by atoms with Gasteiger partial charge >= 0.3 is 0 Å². The molecule has 1 heterocycles. The van der Waals surface area contributed by atoms with Crippen molar-refractivity contribution in [1.29, 1.82) is 0 Å². The molecule has 2 rings (SSSR count). The fourth-order valence-electron chi connectivity index (χ4n) is 1.43. The van der Waals surface area contributed by atoms with Crippen LogP contribution in [0.15, 0.2) is 35.2 Å². The number of halogens is 2. The Balaban J connectivity index is 2.23. The number of rotatable bonds is 3. The average Bonchev–Trinajstić information content (AvgIpc) is 2.59. The lowest BCUT2D eigenvalue weighted by Gasteiger charge is -2.01. The molecule has 2 N–H and O–H groups in total. The van der Waals surface area contributed by atoms with Gasteiger partial charge in [-0.15, -0.1) is 0 Å². The lowest BCUT2D eigenvalue weighted by Crippen LogP contribution is -1.96. The maximum absolute atomic E-state index is 12.1. The topological polar surface area (TPSA) is 43.8 Å². The molecule has 0 spiro atoms. The fraction of sp³-hybridized carbons (Fsp3) is 0.182. The number of alkyl halides is 2. The summed E-state index contributed by atoms with van der Waals surface area (Å²) in [5.74, 6) is -1.84. The van der Waals surface area contributed by atoms with Crippen LogP contribution in [0.25, 0.3) is 11.3 Å². The molecule has 0 bridgehead atoms. The van der Waals surface area contributed by atoms with E-state index in [9.17, 15) is 8.78 Å². The van der Waals surface area contributed by atoms with Crippen LogP contribution in [0.3, 0.4) is 0 Å². The van der Waals surface area contributed by atoms with Gasteiger partial charge in [-0.25, -0.2) is 0 Å². The van der Waals surface area contributed by atoms with E-state index in [0.717, 1.165) is 11.3 Å². The van der Waals surface area contributed by atoms with Gasteiger partial charge in [-0.05, 0) is 12.1 Å². The van der Waals surface area contributed by atoms with Crippen molar-refractivity contribution >= 4 is 17.6 Å². The lowest BCUT2D eigenvalue weighted by molar-refractivity contribution is 0.252. The van der Waals surface area contributed by atoms with E-state index in [2.05, 4.69) is 5.10 Å². The zero-order chi connectivity index (χ0) is 12.4. The predicted molar refractivity (Wildman–Crippen MR) is 64.9 cm³/mol.